The molecule has 0 bridgehead atoms. The molecule has 110 valence electrons. The van der Waals surface area contributed by atoms with E-state index >= 15 is 0 Å². The summed E-state index contributed by atoms with van der Waals surface area (Å²) in [5.41, 5.74) is 7.04. The van der Waals surface area contributed by atoms with Crippen molar-refractivity contribution in [2.24, 2.45) is 0 Å². The first-order chi connectivity index (χ1) is 9.79. The van der Waals surface area contributed by atoms with Gasteiger partial charge in [-0.05, 0) is 43.2 Å². The number of aryl methyl sites for hydroxylation is 2. The number of rotatable bonds is 2. The van der Waals surface area contributed by atoms with Crippen LogP contribution in [0.25, 0.3) is 0 Å². The molecule has 3 N–H and O–H groups in total. The molecule has 0 saturated heterocycles. The van der Waals surface area contributed by atoms with Gasteiger partial charge in [-0.25, -0.2) is 8.78 Å². The summed E-state index contributed by atoms with van der Waals surface area (Å²) < 4.78 is 27.7. The van der Waals surface area contributed by atoms with E-state index in [1.54, 1.807) is 0 Å². The molecule has 21 heavy (non-hydrogen) atoms. The number of nitrogens with two attached hydrogens (primary N) is 1. The quantitative estimate of drug-likeness (QED) is 0.794. The lowest BCUT2D eigenvalue weighted by Gasteiger charge is -2.13. The van der Waals surface area contributed by atoms with Gasteiger partial charge in [0.1, 0.15) is 11.6 Å². The van der Waals surface area contributed by atoms with E-state index in [1.165, 1.54) is 0 Å². The molecule has 6 heteroatoms. The average Bonchev–Trinajstić information content (AvgIpc) is 2.37. The highest BCUT2D eigenvalue weighted by molar-refractivity contribution is 9.10. The number of anilines is 2. The Labute approximate surface area is 129 Å². The minimum absolute atomic E-state index is 0.272. The third kappa shape index (κ3) is 3.21. The van der Waals surface area contributed by atoms with Gasteiger partial charge >= 0.3 is 0 Å². The van der Waals surface area contributed by atoms with Gasteiger partial charge in [-0.3, -0.25) is 4.79 Å². The topological polar surface area (TPSA) is 55.1 Å². The van der Waals surface area contributed by atoms with E-state index in [2.05, 4.69) is 21.2 Å². The van der Waals surface area contributed by atoms with E-state index < -0.39 is 17.5 Å². The zero-order valence-electron chi connectivity index (χ0n) is 11.4. The molecule has 1 amide bonds. The van der Waals surface area contributed by atoms with Gasteiger partial charge in [0.25, 0.3) is 5.91 Å². The third-order valence-electron chi connectivity index (χ3n) is 3.07. The maximum atomic E-state index is 13.7. The normalized spacial score (nSPS) is 10.5. The number of nitrogens with one attached hydrogen (secondary N) is 1. The van der Waals surface area contributed by atoms with Crippen LogP contribution in [-0.4, -0.2) is 5.91 Å². The fraction of sp³-hybridized carbons (Fsp3) is 0.133. The summed E-state index contributed by atoms with van der Waals surface area (Å²) in [6.45, 7) is 3.64. The van der Waals surface area contributed by atoms with Gasteiger partial charge in [0.15, 0.2) is 0 Å². The molecule has 0 aromatic heterocycles. The molecular formula is C15H13BrF2N2O. The Hall–Kier alpha value is -1.95. The van der Waals surface area contributed by atoms with Gasteiger partial charge in [0.05, 0.1) is 11.3 Å². The van der Waals surface area contributed by atoms with Crippen molar-refractivity contribution >= 4 is 33.2 Å². The molecular weight excluding hydrogens is 342 g/mol. The fourth-order valence-electron chi connectivity index (χ4n) is 2.03. The van der Waals surface area contributed by atoms with Crippen LogP contribution in [0, 0.1) is 25.5 Å². The molecule has 2 aromatic carbocycles. The van der Waals surface area contributed by atoms with Crippen LogP contribution < -0.4 is 11.1 Å². The highest BCUT2D eigenvalue weighted by Crippen LogP contribution is 2.26. The summed E-state index contributed by atoms with van der Waals surface area (Å²) in [6, 6.07) is 5.26. The number of amides is 1. The molecule has 3 nitrogen and oxygen atoms in total. The number of carbonyl (C=O) groups excluding carboxylic acids is 1. The summed E-state index contributed by atoms with van der Waals surface area (Å²) >= 11 is 3.36. The van der Waals surface area contributed by atoms with Crippen LogP contribution in [0.5, 0.6) is 0 Å². The summed E-state index contributed by atoms with van der Waals surface area (Å²) in [6.07, 6.45) is 0. The molecule has 0 spiro atoms. The zero-order valence-corrected chi connectivity index (χ0v) is 13.0. The second kappa shape index (κ2) is 5.81. The Morgan fingerprint density at radius 3 is 2.24 bits per heavy atom. The standard InChI is InChI=1S/C15H13BrF2N2O/c1-7-3-9(16)4-8(2)14(7)20-15(21)10-5-13(19)12(18)6-11(10)17/h3-6H,19H2,1-2H3,(H,20,21). The van der Waals surface area contributed by atoms with E-state index in [4.69, 9.17) is 5.73 Å². The van der Waals surface area contributed by atoms with E-state index in [0.29, 0.717) is 11.8 Å². The average molecular weight is 355 g/mol. The number of benzene rings is 2. The van der Waals surface area contributed by atoms with Crippen LogP contribution >= 0.6 is 15.9 Å². The highest BCUT2D eigenvalue weighted by atomic mass is 79.9. The molecule has 0 radical (unpaired) electrons. The van der Waals surface area contributed by atoms with Crippen LogP contribution in [0.2, 0.25) is 0 Å². The first-order valence-corrected chi connectivity index (χ1v) is 6.91. The third-order valence-corrected chi connectivity index (χ3v) is 3.52. The molecule has 0 fully saturated rings. The molecule has 0 unspecified atom stereocenters. The van der Waals surface area contributed by atoms with Gasteiger partial charge in [-0.2, -0.15) is 0 Å². The van der Waals surface area contributed by atoms with Crippen molar-refractivity contribution in [3.8, 4) is 0 Å². The molecule has 2 aromatic rings. The second-order valence-corrected chi connectivity index (χ2v) is 5.64. The minimum atomic E-state index is -0.952. The van der Waals surface area contributed by atoms with Crippen molar-refractivity contribution in [1.29, 1.82) is 0 Å². The van der Waals surface area contributed by atoms with Crippen molar-refractivity contribution in [3.63, 3.8) is 0 Å². The summed E-state index contributed by atoms with van der Waals surface area (Å²) in [7, 11) is 0. The summed E-state index contributed by atoms with van der Waals surface area (Å²) in [5, 5.41) is 2.63. The summed E-state index contributed by atoms with van der Waals surface area (Å²) in [5.74, 6) is -2.51. The Kier molecular flexibility index (Phi) is 4.27. The number of halogens is 3. The summed E-state index contributed by atoms with van der Waals surface area (Å²) in [4.78, 5) is 12.1. The number of nitrogen functional groups attached to an aromatic ring is 1. The van der Waals surface area contributed by atoms with Crippen LogP contribution in [0.3, 0.4) is 0 Å². The molecule has 0 aliphatic rings. The molecule has 2 rings (SSSR count). The minimum Gasteiger partial charge on any atom is -0.396 e. The van der Waals surface area contributed by atoms with Gasteiger partial charge in [0.2, 0.25) is 0 Å². The fourth-order valence-corrected chi connectivity index (χ4v) is 2.72. The smallest absolute Gasteiger partial charge is 0.258 e. The van der Waals surface area contributed by atoms with E-state index in [0.717, 1.165) is 21.7 Å². The van der Waals surface area contributed by atoms with E-state index in [1.807, 2.05) is 26.0 Å². The van der Waals surface area contributed by atoms with Gasteiger partial charge < -0.3 is 11.1 Å². The predicted octanol–water partition coefficient (Wildman–Crippen LogP) is 4.18. The molecule has 0 heterocycles. The lowest BCUT2D eigenvalue weighted by Crippen LogP contribution is -2.16. The van der Waals surface area contributed by atoms with Gasteiger partial charge in [-0.1, -0.05) is 15.9 Å². The van der Waals surface area contributed by atoms with Crippen molar-refractivity contribution in [1.82, 2.24) is 0 Å². The monoisotopic (exact) mass is 354 g/mol. The van der Waals surface area contributed by atoms with Crippen LogP contribution in [0.15, 0.2) is 28.7 Å². The van der Waals surface area contributed by atoms with Crippen molar-refractivity contribution < 1.29 is 13.6 Å². The predicted molar refractivity (Wildman–Crippen MR) is 82.3 cm³/mol. The number of hydrogen-bond acceptors (Lipinski definition) is 2. The zero-order chi connectivity index (χ0) is 15.7. The van der Waals surface area contributed by atoms with Crippen LogP contribution in [0.4, 0.5) is 20.2 Å². The lowest BCUT2D eigenvalue weighted by molar-refractivity contribution is 0.102. The van der Waals surface area contributed by atoms with Gasteiger partial charge in [0, 0.05) is 16.2 Å². The first-order valence-electron chi connectivity index (χ1n) is 6.12. The Bertz CT molecular complexity index is 709. The largest absolute Gasteiger partial charge is 0.396 e. The molecule has 0 aliphatic heterocycles. The number of hydrogen-bond donors (Lipinski definition) is 2. The molecule has 0 atom stereocenters. The second-order valence-electron chi connectivity index (χ2n) is 4.72. The van der Waals surface area contributed by atoms with Crippen LogP contribution in [-0.2, 0) is 0 Å². The molecule has 0 saturated carbocycles. The number of carbonyl (C=O) groups is 1. The van der Waals surface area contributed by atoms with Crippen molar-refractivity contribution in [3.05, 3.63) is 57.1 Å². The van der Waals surface area contributed by atoms with E-state index in [-0.39, 0.29) is 11.3 Å². The Morgan fingerprint density at radius 1 is 1.10 bits per heavy atom. The SMILES string of the molecule is Cc1cc(Br)cc(C)c1NC(=O)c1cc(N)c(F)cc1F. The Morgan fingerprint density at radius 2 is 1.67 bits per heavy atom. The van der Waals surface area contributed by atoms with E-state index in [9.17, 15) is 13.6 Å². The first kappa shape index (κ1) is 15.4. The lowest BCUT2D eigenvalue weighted by atomic mass is 10.1. The van der Waals surface area contributed by atoms with Crippen molar-refractivity contribution in [2.75, 3.05) is 11.1 Å². The molecule has 0 aliphatic carbocycles. The maximum absolute atomic E-state index is 13.7. The van der Waals surface area contributed by atoms with Gasteiger partial charge in [-0.15, -0.1) is 0 Å². The Balaban J connectivity index is 2.37. The highest BCUT2D eigenvalue weighted by Gasteiger charge is 2.17. The van der Waals surface area contributed by atoms with Crippen LogP contribution in [0.1, 0.15) is 21.5 Å². The maximum Gasteiger partial charge on any atom is 0.258 e. The van der Waals surface area contributed by atoms with Crippen molar-refractivity contribution in [2.45, 2.75) is 13.8 Å².